The van der Waals surface area contributed by atoms with Gasteiger partial charge in [-0.05, 0) is 207 Å². The summed E-state index contributed by atoms with van der Waals surface area (Å²) < 4.78 is 0. The van der Waals surface area contributed by atoms with Crippen LogP contribution in [0, 0.1) is 69.2 Å². The first-order valence-electron chi connectivity index (χ1n) is 19.5. The standard InChI is InChI=1S/C14H20N2.C13H20N2.C12H14.C11H13N/c1-9(2)15-16-13(6)14-8-11(4)10(3)7-12(14)5;1-9-7-11(3)13(8-10(9)2)12(4)14-15(5)6;1-8-4-11-6-9(2)10(3)7-12(11)5-8;1-7-4-10-6-9(3)12-11(10)5-8(7)2/h7-8H,1-6H3;7-8H,1-6H3;6-7H,1,4-5H2,2-3H3;4-5H,6H2,1-3H3/b16-13+;14-12+;;. The minimum atomic E-state index is 0.973. The van der Waals surface area contributed by atoms with Crippen LogP contribution < -0.4 is 0 Å². The third kappa shape index (κ3) is 12.8. The zero-order valence-electron chi connectivity index (χ0n) is 37.2. The lowest BCUT2D eigenvalue weighted by Gasteiger charge is -2.12. The molecule has 5 nitrogen and oxygen atoms in total. The lowest BCUT2D eigenvalue weighted by Crippen LogP contribution is -2.08. The average molecular weight is 738 g/mol. The van der Waals surface area contributed by atoms with E-state index in [2.05, 4.69) is 158 Å². The molecule has 0 unspecified atom stereocenters. The Hall–Kier alpha value is -4.90. The normalized spacial score (nSPS) is 13.0. The SMILES string of the molecule is C/C(=N\N(C)C)c1cc(C)c(C)cc1C.C=C1Cc2cc(C)c(C)cc2C1.CC(C)=N/N=C(\C)c1cc(C)c(C)cc1C.CC1=Nc2cc(C)c(C)cc2C1. The lowest BCUT2D eigenvalue weighted by molar-refractivity contribution is 0.438. The molecule has 55 heavy (non-hydrogen) atoms. The van der Waals surface area contributed by atoms with Crippen molar-refractivity contribution >= 4 is 28.5 Å². The fourth-order valence-corrected chi connectivity index (χ4v) is 6.78. The van der Waals surface area contributed by atoms with Gasteiger partial charge in [-0.1, -0.05) is 42.5 Å². The monoisotopic (exact) mass is 738 g/mol. The predicted octanol–water partition coefficient (Wildman–Crippen LogP) is 12.6. The van der Waals surface area contributed by atoms with Gasteiger partial charge in [-0.2, -0.15) is 15.3 Å². The molecule has 1 aliphatic heterocycles. The second-order valence-electron chi connectivity index (χ2n) is 16.2. The van der Waals surface area contributed by atoms with Crippen molar-refractivity contribution in [1.29, 1.82) is 0 Å². The van der Waals surface area contributed by atoms with E-state index in [1.165, 1.54) is 100 Å². The highest BCUT2D eigenvalue weighted by Gasteiger charge is 2.14. The van der Waals surface area contributed by atoms with E-state index in [0.29, 0.717) is 0 Å². The Bertz CT molecular complexity index is 2130. The first kappa shape index (κ1) is 44.5. The first-order chi connectivity index (χ1) is 25.7. The molecule has 0 atom stereocenters. The van der Waals surface area contributed by atoms with Crippen molar-refractivity contribution in [3.8, 4) is 0 Å². The molecule has 4 aromatic rings. The van der Waals surface area contributed by atoms with E-state index in [1.54, 1.807) is 0 Å². The quantitative estimate of drug-likeness (QED) is 0.117. The van der Waals surface area contributed by atoms with E-state index in [4.69, 9.17) is 0 Å². The van der Waals surface area contributed by atoms with Gasteiger partial charge in [0.25, 0.3) is 0 Å². The molecule has 1 heterocycles. The van der Waals surface area contributed by atoms with Crippen molar-refractivity contribution in [2.45, 2.75) is 123 Å². The summed E-state index contributed by atoms with van der Waals surface area (Å²) in [5.41, 5.74) is 26.9. The Balaban J connectivity index is 0.000000198. The molecule has 0 saturated heterocycles. The molecule has 2 aliphatic rings. The third-order valence-electron chi connectivity index (χ3n) is 10.4. The molecule has 1 aliphatic carbocycles. The van der Waals surface area contributed by atoms with Gasteiger partial charge >= 0.3 is 0 Å². The minimum Gasteiger partial charge on any atom is -0.303 e. The van der Waals surface area contributed by atoms with Gasteiger partial charge in [0.2, 0.25) is 0 Å². The zero-order chi connectivity index (χ0) is 41.3. The predicted molar refractivity (Wildman–Crippen MR) is 243 cm³/mol. The van der Waals surface area contributed by atoms with Crippen molar-refractivity contribution < 1.29 is 0 Å². The minimum absolute atomic E-state index is 0.973. The van der Waals surface area contributed by atoms with Gasteiger partial charge in [-0.25, -0.2) is 0 Å². The molecule has 0 spiro atoms. The van der Waals surface area contributed by atoms with E-state index in [-0.39, 0.29) is 0 Å². The molecule has 4 aromatic carbocycles. The van der Waals surface area contributed by atoms with Gasteiger partial charge in [0, 0.05) is 43.1 Å². The number of hydrogen-bond donors (Lipinski definition) is 0. The smallest absolute Gasteiger partial charge is 0.0674 e. The molecule has 0 bridgehead atoms. The lowest BCUT2D eigenvalue weighted by atomic mass is 9.98. The Kier molecular flexibility index (Phi) is 15.9. The third-order valence-corrected chi connectivity index (χ3v) is 10.4. The Labute approximate surface area is 334 Å². The van der Waals surface area contributed by atoms with Crippen molar-refractivity contribution in [2.24, 2.45) is 20.3 Å². The van der Waals surface area contributed by atoms with Gasteiger partial charge in [-0.3, -0.25) is 4.99 Å². The van der Waals surface area contributed by atoms with Gasteiger partial charge in [0.05, 0.1) is 17.1 Å². The summed E-state index contributed by atoms with van der Waals surface area (Å²) in [6.45, 7) is 35.5. The number of aryl methyl sites for hydroxylation is 10. The van der Waals surface area contributed by atoms with Crippen LogP contribution in [0.25, 0.3) is 0 Å². The molecule has 0 fully saturated rings. The molecule has 0 saturated carbocycles. The summed E-state index contributed by atoms with van der Waals surface area (Å²) >= 11 is 0. The second-order valence-corrected chi connectivity index (χ2v) is 16.2. The maximum atomic E-state index is 4.47. The van der Waals surface area contributed by atoms with E-state index >= 15 is 0 Å². The molecule has 5 heteroatoms. The van der Waals surface area contributed by atoms with Crippen LogP contribution in [0.1, 0.15) is 118 Å². The average Bonchev–Trinajstić information content (AvgIpc) is 3.63. The van der Waals surface area contributed by atoms with Crippen LogP contribution in [-0.4, -0.2) is 42.0 Å². The van der Waals surface area contributed by atoms with Crippen molar-refractivity contribution in [2.75, 3.05) is 14.1 Å². The molecule has 6 rings (SSSR count). The topological polar surface area (TPSA) is 52.7 Å². The maximum Gasteiger partial charge on any atom is 0.0674 e. The number of nitrogens with zero attached hydrogens (tertiary/aromatic N) is 5. The molecule has 0 N–H and O–H groups in total. The van der Waals surface area contributed by atoms with Crippen LogP contribution in [0.2, 0.25) is 0 Å². The van der Waals surface area contributed by atoms with Crippen molar-refractivity contribution in [3.63, 3.8) is 0 Å². The maximum absolute atomic E-state index is 4.47. The molecular formula is C50H67N5. The summed E-state index contributed by atoms with van der Waals surface area (Å²) in [4.78, 5) is 4.47. The first-order valence-corrected chi connectivity index (χ1v) is 19.5. The van der Waals surface area contributed by atoms with E-state index in [1.807, 2.05) is 39.9 Å². The summed E-state index contributed by atoms with van der Waals surface area (Å²) in [6.07, 6.45) is 3.23. The Morgan fingerprint density at radius 3 is 1.35 bits per heavy atom. The highest BCUT2D eigenvalue weighted by atomic mass is 15.4. The molecule has 0 amide bonds. The summed E-state index contributed by atoms with van der Waals surface area (Å²) in [7, 11) is 3.89. The molecular weight excluding hydrogens is 671 g/mol. The van der Waals surface area contributed by atoms with Gasteiger partial charge in [-0.15, -0.1) is 0 Å². The fourth-order valence-electron chi connectivity index (χ4n) is 6.78. The van der Waals surface area contributed by atoms with Crippen LogP contribution in [-0.2, 0) is 19.3 Å². The number of fused-ring (bicyclic) bond motifs is 2. The van der Waals surface area contributed by atoms with Gasteiger partial charge < -0.3 is 5.01 Å². The summed E-state index contributed by atoms with van der Waals surface area (Å²) in [6, 6.07) is 17.9. The van der Waals surface area contributed by atoms with E-state index < -0.39 is 0 Å². The van der Waals surface area contributed by atoms with Crippen molar-refractivity contribution in [1.82, 2.24) is 5.01 Å². The van der Waals surface area contributed by atoms with Crippen LogP contribution in [0.4, 0.5) is 5.69 Å². The number of allylic oxidation sites excluding steroid dienone is 1. The van der Waals surface area contributed by atoms with E-state index in [0.717, 1.165) is 36.4 Å². The second kappa shape index (κ2) is 19.6. The largest absolute Gasteiger partial charge is 0.303 e. The summed E-state index contributed by atoms with van der Waals surface area (Å²) in [5, 5.41) is 14.6. The van der Waals surface area contributed by atoms with Gasteiger partial charge in [0.1, 0.15) is 0 Å². The zero-order valence-corrected chi connectivity index (χ0v) is 37.2. The number of benzene rings is 4. The number of hydrogen-bond acceptors (Lipinski definition) is 5. The van der Waals surface area contributed by atoms with Crippen molar-refractivity contribution in [3.05, 3.63) is 144 Å². The van der Waals surface area contributed by atoms with Crippen LogP contribution in [0.3, 0.4) is 0 Å². The molecule has 0 aromatic heterocycles. The highest BCUT2D eigenvalue weighted by molar-refractivity contribution is 6.01. The summed E-state index contributed by atoms with van der Waals surface area (Å²) in [5.74, 6) is 0. The highest BCUT2D eigenvalue weighted by Crippen LogP contribution is 2.29. The molecule has 0 radical (unpaired) electrons. The number of hydrazone groups is 1. The fraction of sp³-hybridized carbons (Fsp3) is 0.400. The van der Waals surface area contributed by atoms with Crippen LogP contribution >= 0.6 is 0 Å². The van der Waals surface area contributed by atoms with E-state index in [9.17, 15) is 0 Å². The Morgan fingerprint density at radius 2 is 0.891 bits per heavy atom. The number of aliphatic imine (C=N–C) groups is 1. The van der Waals surface area contributed by atoms with Crippen LogP contribution in [0.5, 0.6) is 0 Å². The number of rotatable bonds is 4. The Morgan fingerprint density at radius 1 is 0.491 bits per heavy atom. The molecule has 292 valence electrons. The van der Waals surface area contributed by atoms with Gasteiger partial charge in [0.15, 0.2) is 0 Å². The van der Waals surface area contributed by atoms with Crippen LogP contribution in [0.15, 0.2) is 81.0 Å².